The van der Waals surface area contributed by atoms with Crippen molar-refractivity contribution in [3.05, 3.63) is 40.6 Å². The zero-order chi connectivity index (χ0) is 13.7. The summed E-state index contributed by atoms with van der Waals surface area (Å²) in [5, 5.41) is 11.4. The molecule has 3 N–H and O–H groups in total. The van der Waals surface area contributed by atoms with Crippen LogP contribution in [-0.2, 0) is 0 Å². The Morgan fingerprint density at radius 1 is 1.32 bits per heavy atom. The number of hydrogen-bond acceptors (Lipinski definition) is 6. The quantitative estimate of drug-likeness (QED) is 0.726. The van der Waals surface area contributed by atoms with E-state index in [1.54, 1.807) is 0 Å². The first-order chi connectivity index (χ1) is 9.19. The third kappa shape index (κ3) is 3.35. The summed E-state index contributed by atoms with van der Waals surface area (Å²) in [7, 11) is 0. The van der Waals surface area contributed by atoms with Gasteiger partial charge in [-0.1, -0.05) is 0 Å². The monoisotopic (exact) mass is 260 g/mol. The molecule has 0 fully saturated rings. The van der Waals surface area contributed by atoms with Crippen LogP contribution < -0.4 is 16.2 Å². The van der Waals surface area contributed by atoms with Crippen LogP contribution in [0.4, 0.5) is 11.6 Å². The Morgan fingerprint density at radius 2 is 2.16 bits per heavy atom. The van der Waals surface area contributed by atoms with Gasteiger partial charge in [-0.05, 0) is 13.0 Å². The van der Waals surface area contributed by atoms with Crippen molar-refractivity contribution in [3.63, 3.8) is 0 Å². The van der Waals surface area contributed by atoms with E-state index < -0.39 is 5.91 Å². The second kappa shape index (κ2) is 5.71. The van der Waals surface area contributed by atoms with Gasteiger partial charge in [0.2, 0.25) is 0 Å². The largest absolute Gasteiger partial charge is 0.369 e. The van der Waals surface area contributed by atoms with E-state index in [9.17, 15) is 9.59 Å². The van der Waals surface area contributed by atoms with E-state index in [-0.39, 0.29) is 17.1 Å². The van der Waals surface area contributed by atoms with Crippen molar-refractivity contribution < 1.29 is 4.79 Å². The van der Waals surface area contributed by atoms with Crippen molar-refractivity contribution in [2.45, 2.75) is 6.92 Å². The highest BCUT2D eigenvalue weighted by molar-refractivity contribution is 6.02. The highest BCUT2D eigenvalue weighted by atomic mass is 16.2. The highest BCUT2D eigenvalue weighted by Crippen LogP contribution is 2.04. The number of nitrogens with one attached hydrogen (secondary N) is 3. The molecule has 0 saturated heterocycles. The van der Waals surface area contributed by atoms with Crippen LogP contribution in [-0.4, -0.2) is 32.6 Å². The molecule has 0 aliphatic heterocycles. The third-order valence-electron chi connectivity index (χ3n) is 2.15. The number of H-pyrrole nitrogens is 1. The lowest BCUT2D eigenvalue weighted by Gasteiger charge is -2.05. The molecule has 2 aromatic heterocycles. The Morgan fingerprint density at radius 3 is 2.84 bits per heavy atom. The van der Waals surface area contributed by atoms with Gasteiger partial charge in [-0.25, -0.2) is 10.1 Å². The van der Waals surface area contributed by atoms with E-state index in [1.807, 2.05) is 6.92 Å². The number of hydrogen-bond donors (Lipinski definition) is 3. The summed E-state index contributed by atoms with van der Waals surface area (Å²) in [4.78, 5) is 30.7. The van der Waals surface area contributed by atoms with Gasteiger partial charge in [0.15, 0.2) is 5.82 Å². The van der Waals surface area contributed by atoms with E-state index in [1.165, 1.54) is 24.5 Å². The van der Waals surface area contributed by atoms with E-state index in [0.717, 1.165) is 0 Å². The van der Waals surface area contributed by atoms with Gasteiger partial charge >= 0.3 is 0 Å². The molecule has 0 aliphatic rings. The Balaban J connectivity index is 2.13. The number of amides is 1. The normalized spacial score (nSPS) is 9.95. The molecule has 98 valence electrons. The molecule has 0 bridgehead atoms. The summed E-state index contributed by atoms with van der Waals surface area (Å²) in [5.74, 6) is 0.302. The van der Waals surface area contributed by atoms with Crippen molar-refractivity contribution in [1.82, 2.24) is 20.2 Å². The molecule has 0 atom stereocenters. The Kier molecular flexibility index (Phi) is 3.81. The lowest BCUT2D eigenvalue weighted by molar-refractivity contribution is 0.102. The van der Waals surface area contributed by atoms with Crippen molar-refractivity contribution in [2.75, 3.05) is 17.2 Å². The lowest BCUT2D eigenvalue weighted by Crippen LogP contribution is -2.17. The molecular weight excluding hydrogens is 248 g/mol. The van der Waals surface area contributed by atoms with E-state index >= 15 is 0 Å². The molecule has 0 aromatic carbocycles. The van der Waals surface area contributed by atoms with Crippen LogP contribution in [0, 0.1) is 0 Å². The van der Waals surface area contributed by atoms with E-state index in [0.29, 0.717) is 12.4 Å². The van der Waals surface area contributed by atoms with Gasteiger partial charge < -0.3 is 10.6 Å². The molecule has 1 amide bonds. The highest BCUT2D eigenvalue weighted by Gasteiger charge is 2.09. The van der Waals surface area contributed by atoms with Crippen LogP contribution in [0.1, 0.15) is 17.4 Å². The molecule has 0 spiro atoms. The SMILES string of the molecule is CCNc1cncc(C(=O)Nc2ccc(=O)[nH]n2)n1. The van der Waals surface area contributed by atoms with Crippen LogP contribution >= 0.6 is 0 Å². The second-order valence-electron chi connectivity index (χ2n) is 3.58. The predicted molar refractivity (Wildman–Crippen MR) is 69.0 cm³/mol. The minimum absolute atomic E-state index is 0.159. The van der Waals surface area contributed by atoms with Crippen LogP contribution in [0.2, 0.25) is 0 Å². The van der Waals surface area contributed by atoms with Gasteiger partial charge in [0.1, 0.15) is 11.5 Å². The van der Waals surface area contributed by atoms with E-state index in [2.05, 4.69) is 30.8 Å². The molecule has 8 heteroatoms. The smallest absolute Gasteiger partial charge is 0.277 e. The Labute approximate surface area is 108 Å². The van der Waals surface area contributed by atoms with Gasteiger partial charge in [0, 0.05) is 12.6 Å². The number of anilines is 2. The van der Waals surface area contributed by atoms with Crippen molar-refractivity contribution in [1.29, 1.82) is 0 Å². The van der Waals surface area contributed by atoms with Crippen LogP contribution in [0.15, 0.2) is 29.3 Å². The van der Waals surface area contributed by atoms with Gasteiger partial charge in [0.25, 0.3) is 11.5 Å². The topological polar surface area (TPSA) is 113 Å². The van der Waals surface area contributed by atoms with Crippen molar-refractivity contribution in [2.24, 2.45) is 0 Å². The summed E-state index contributed by atoms with van der Waals surface area (Å²) in [6.07, 6.45) is 2.88. The fourth-order valence-electron chi connectivity index (χ4n) is 1.34. The fraction of sp³-hybridized carbons (Fsp3) is 0.182. The maximum Gasteiger partial charge on any atom is 0.277 e. The Bertz CT molecular complexity index is 619. The zero-order valence-electron chi connectivity index (χ0n) is 10.2. The summed E-state index contributed by atoms with van der Waals surface area (Å²) < 4.78 is 0. The summed E-state index contributed by atoms with van der Waals surface area (Å²) in [5.41, 5.74) is -0.182. The minimum atomic E-state index is -0.452. The van der Waals surface area contributed by atoms with Gasteiger partial charge in [-0.15, -0.1) is 0 Å². The molecule has 8 nitrogen and oxygen atoms in total. The molecule has 2 rings (SSSR count). The molecule has 0 saturated carbocycles. The van der Waals surface area contributed by atoms with E-state index in [4.69, 9.17) is 0 Å². The lowest BCUT2D eigenvalue weighted by atomic mass is 10.4. The van der Waals surface area contributed by atoms with Gasteiger partial charge in [0.05, 0.1) is 12.4 Å². The van der Waals surface area contributed by atoms with Gasteiger partial charge in [-0.3, -0.25) is 14.6 Å². The molecule has 0 radical (unpaired) electrons. The third-order valence-corrected chi connectivity index (χ3v) is 2.15. The first-order valence-corrected chi connectivity index (χ1v) is 5.62. The first-order valence-electron chi connectivity index (χ1n) is 5.62. The first kappa shape index (κ1) is 12.7. The summed E-state index contributed by atoms with van der Waals surface area (Å²) in [6, 6.07) is 2.67. The molecular formula is C11H12N6O2. The maximum atomic E-state index is 11.9. The van der Waals surface area contributed by atoms with Gasteiger partial charge in [-0.2, -0.15) is 5.10 Å². The zero-order valence-corrected chi connectivity index (χ0v) is 10.2. The predicted octanol–water partition coefficient (Wildman–Crippen LogP) is 0.244. The van der Waals surface area contributed by atoms with Crippen LogP contribution in [0.5, 0.6) is 0 Å². The number of rotatable bonds is 4. The Hall–Kier alpha value is -2.77. The number of aromatic nitrogens is 4. The molecule has 2 heterocycles. The van der Waals surface area contributed by atoms with Crippen molar-refractivity contribution >= 4 is 17.5 Å². The summed E-state index contributed by atoms with van der Waals surface area (Å²) >= 11 is 0. The summed E-state index contributed by atoms with van der Waals surface area (Å²) in [6.45, 7) is 2.60. The molecule has 2 aromatic rings. The average Bonchev–Trinajstić information content (AvgIpc) is 2.42. The molecule has 19 heavy (non-hydrogen) atoms. The number of nitrogens with zero attached hydrogens (tertiary/aromatic N) is 3. The minimum Gasteiger partial charge on any atom is -0.369 e. The number of aromatic amines is 1. The van der Waals surface area contributed by atoms with Crippen molar-refractivity contribution in [3.8, 4) is 0 Å². The van der Waals surface area contributed by atoms with Crippen LogP contribution in [0.3, 0.4) is 0 Å². The standard InChI is InChI=1S/C11H12N6O2/c1-2-13-9-6-12-5-7(14-9)11(19)15-8-3-4-10(18)17-16-8/h3-6H,2H2,1H3,(H,13,14)(H,17,18)(H,15,16,19). The molecule has 0 aliphatic carbocycles. The maximum absolute atomic E-state index is 11.9. The number of carbonyl (C=O) groups excluding carboxylic acids is 1. The number of carbonyl (C=O) groups is 1. The molecule has 0 unspecified atom stereocenters. The average molecular weight is 260 g/mol. The fourth-order valence-corrected chi connectivity index (χ4v) is 1.34. The van der Waals surface area contributed by atoms with Crippen LogP contribution in [0.25, 0.3) is 0 Å². The second-order valence-corrected chi connectivity index (χ2v) is 3.58.